The Labute approximate surface area is 129 Å². The number of nitrogens with zero attached hydrogens (tertiary/aromatic N) is 1. The van der Waals surface area contributed by atoms with Gasteiger partial charge in [-0.15, -0.1) is 0 Å². The maximum atomic E-state index is 11.7. The van der Waals surface area contributed by atoms with E-state index in [2.05, 4.69) is 10.5 Å². The first-order chi connectivity index (χ1) is 10.7. The van der Waals surface area contributed by atoms with Crippen LogP contribution in [0.3, 0.4) is 0 Å². The third-order valence-electron chi connectivity index (χ3n) is 2.96. The van der Waals surface area contributed by atoms with Gasteiger partial charge in [-0.05, 0) is 48.4 Å². The molecule has 2 aromatic rings. The van der Waals surface area contributed by atoms with Gasteiger partial charge in [0.1, 0.15) is 11.5 Å². The number of ether oxygens (including phenoxy) is 1. The molecule has 0 aromatic heterocycles. The number of carbonyl (C=O) groups excluding carboxylic acids is 1. The third-order valence-corrected chi connectivity index (χ3v) is 2.96. The molecule has 0 aliphatic carbocycles. The van der Waals surface area contributed by atoms with Gasteiger partial charge < -0.3 is 9.84 Å². The molecule has 2 N–H and O–H groups in total. The highest BCUT2D eigenvalue weighted by Gasteiger charge is 2.04. The molecule has 22 heavy (non-hydrogen) atoms. The van der Waals surface area contributed by atoms with Gasteiger partial charge in [0.15, 0.2) is 6.61 Å². The number of benzene rings is 2. The van der Waals surface area contributed by atoms with Gasteiger partial charge in [-0.1, -0.05) is 25.1 Å². The predicted octanol–water partition coefficient (Wildman–Crippen LogP) is 2.70. The van der Waals surface area contributed by atoms with E-state index >= 15 is 0 Å². The number of hydrogen-bond donors (Lipinski definition) is 2. The minimum atomic E-state index is -0.325. The summed E-state index contributed by atoms with van der Waals surface area (Å²) in [6.07, 6.45) is 0.657. The minimum Gasteiger partial charge on any atom is -0.508 e. The summed E-state index contributed by atoms with van der Waals surface area (Å²) in [6.45, 7) is 1.85. The van der Waals surface area contributed by atoms with Crippen molar-refractivity contribution in [2.45, 2.75) is 13.3 Å². The number of carbonyl (C=O) groups is 1. The number of rotatable bonds is 6. The van der Waals surface area contributed by atoms with Crippen LogP contribution in [0.5, 0.6) is 11.5 Å². The van der Waals surface area contributed by atoms with E-state index < -0.39 is 0 Å². The lowest BCUT2D eigenvalue weighted by Gasteiger charge is -2.07. The molecule has 1 amide bonds. The Bertz CT molecular complexity index is 637. The predicted molar refractivity (Wildman–Crippen MR) is 85.0 cm³/mol. The summed E-state index contributed by atoms with van der Waals surface area (Å²) in [5.41, 5.74) is 4.06. The number of phenols is 1. The highest BCUT2D eigenvalue weighted by molar-refractivity contribution is 6.01. The van der Waals surface area contributed by atoms with E-state index in [0.717, 1.165) is 11.3 Å². The molecule has 0 fully saturated rings. The van der Waals surface area contributed by atoms with Gasteiger partial charge in [0.05, 0.1) is 5.71 Å². The van der Waals surface area contributed by atoms with Crippen LogP contribution in [0.25, 0.3) is 0 Å². The third kappa shape index (κ3) is 4.63. The average Bonchev–Trinajstić information content (AvgIpc) is 2.56. The zero-order valence-electron chi connectivity index (χ0n) is 12.3. The lowest BCUT2D eigenvalue weighted by molar-refractivity contribution is -0.123. The van der Waals surface area contributed by atoms with Crippen molar-refractivity contribution in [2.24, 2.45) is 5.10 Å². The van der Waals surface area contributed by atoms with Crippen LogP contribution >= 0.6 is 0 Å². The van der Waals surface area contributed by atoms with Crippen molar-refractivity contribution < 1.29 is 14.6 Å². The molecule has 5 heteroatoms. The van der Waals surface area contributed by atoms with Gasteiger partial charge >= 0.3 is 0 Å². The summed E-state index contributed by atoms with van der Waals surface area (Å²) in [6, 6.07) is 15.8. The van der Waals surface area contributed by atoms with E-state index in [4.69, 9.17) is 4.74 Å². The quantitative estimate of drug-likeness (QED) is 0.636. The number of hydrazone groups is 1. The van der Waals surface area contributed by atoms with Crippen LogP contribution in [0.15, 0.2) is 59.7 Å². The molecule has 2 rings (SSSR count). The zero-order chi connectivity index (χ0) is 15.8. The van der Waals surface area contributed by atoms with Gasteiger partial charge in [0.2, 0.25) is 0 Å². The summed E-state index contributed by atoms with van der Waals surface area (Å²) in [4.78, 5) is 11.7. The molecular formula is C17H18N2O3. The summed E-state index contributed by atoms with van der Waals surface area (Å²) in [5, 5.41) is 13.4. The minimum absolute atomic E-state index is 0.0971. The molecule has 0 radical (unpaired) electrons. The fraction of sp³-hybridized carbons (Fsp3) is 0.176. The molecule has 0 aliphatic rings. The molecule has 114 valence electrons. The van der Waals surface area contributed by atoms with Crippen LogP contribution in [-0.2, 0) is 4.79 Å². The fourth-order valence-electron chi connectivity index (χ4n) is 1.83. The first-order valence-corrected chi connectivity index (χ1v) is 7.01. The Morgan fingerprint density at radius 3 is 2.45 bits per heavy atom. The molecule has 0 atom stereocenters. The molecule has 0 saturated carbocycles. The monoisotopic (exact) mass is 298 g/mol. The van der Waals surface area contributed by atoms with E-state index in [1.165, 1.54) is 0 Å². The van der Waals surface area contributed by atoms with Crippen molar-refractivity contribution in [3.05, 3.63) is 60.2 Å². The molecule has 2 aromatic carbocycles. The van der Waals surface area contributed by atoms with Crippen molar-refractivity contribution in [2.75, 3.05) is 6.61 Å². The summed E-state index contributed by atoms with van der Waals surface area (Å²) in [7, 11) is 0. The fourth-order valence-corrected chi connectivity index (χ4v) is 1.83. The van der Waals surface area contributed by atoms with Crippen LogP contribution in [0.4, 0.5) is 0 Å². The second-order valence-corrected chi connectivity index (χ2v) is 4.60. The topological polar surface area (TPSA) is 70.9 Å². The van der Waals surface area contributed by atoms with Gasteiger partial charge in [-0.25, -0.2) is 5.43 Å². The first kappa shape index (κ1) is 15.6. The molecule has 0 saturated heterocycles. The van der Waals surface area contributed by atoms with Crippen LogP contribution in [-0.4, -0.2) is 23.3 Å². The molecule has 0 spiro atoms. The second-order valence-electron chi connectivity index (χ2n) is 4.60. The van der Waals surface area contributed by atoms with Crippen molar-refractivity contribution in [1.82, 2.24) is 5.43 Å². The molecule has 0 heterocycles. The van der Waals surface area contributed by atoms with Crippen LogP contribution in [0.1, 0.15) is 18.9 Å². The van der Waals surface area contributed by atoms with E-state index in [9.17, 15) is 9.90 Å². The Morgan fingerprint density at radius 1 is 1.14 bits per heavy atom. The molecule has 0 unspecified atom stereocenters. The van der Waals surface area contributed by atoms with Crippen molar-refractivity contribution in [3.63, 3.8) is 0 Å². The maximum absolute atomic E-state index is 11.7. The number of amides is 1. The van der Waals surface area contributed by atoms with Crippen molar-refractivity contribution in [1.29, 1.82) is 0 Å². The standard InChI is InChI=1S/C17H18N2O3/c1-2-16(13-8-10-14(20)11-9-13)18-19-17(21)12-22-15-6-4-3-5-7-15/h3-11,20H,2,12H2,1H3,(H,19,21). The smallest absolute Gasteiger partial charge is 0.277 e. The molecule has 0 aliphatic heterocycles. The number of hydrogen-bond acceptors (Lipinski definition) is 4. The van der Waals surface area contributed by atoms with Crippen molar-refractivity contribution in [3.8, 4) is 11.5 Å². The molecule has 5 nitrogen and oxygen atoms in total. The normalized spacial score (nSPS) is 11.0. The Morgan fingerprint density at radius 2 is 1.82 bits per heavy atom. The number of para-hydroxylation sites is 1. The van der Waals surface area contributed by atoms with E-state index in [1.807, 2.05) is 25.1 Å². The number of phenolic OH excluding ortho intramolecular Hbond substituents is 1. The lowest BCUT2D eigenvalue weighted by atomic mass is 10.1. The van der Waals surface area contributed by atoms with E-state index in [0.29, 0.717) is 12.2 Å². The highest BCUT2D eigenvalue weighted by Crippen LogP contribution is 2.11. The van der Waals surface area contributed by atoms with Gasteiger partial charge in [-0.2, -0.15) is 5.10 Å². The van der Waals surface area contributed by atoms with E-state index in [-0.39, 0.29) is 18.3 Å². The Hall–Kier alpha value is -2.82. The van der Waals surface area contributed by atoms with Gasteiger partial charge in [0.25, 0.3) is 5.91 Å². The SMILES string of the molecule is CCC(=NNC(=O)COc1ccccc1)c1ccc(O)cc1. The second kappa shape index (κ2) is 7.83. The zero-order valence-corrected chi connectivity index (χ0v) is 12.3. The number of nitrogens with one attached hydrogen (secondary N) is 1. The van der Waals surface area contributed by atoms with E-state index in [1.54, 1.807) is 36.4 Å². The van der Waals surface area contributed by atoms with Crippen LogP contribution in [0, 0.1) is 0 Å². The van der Waals surface area contributed by atoms with Crippen molar-refractivity contribution >= 4 is 11.6 Å². The summed E-state index contributed by atoms with van der Waals surface area (Å²) >= 11 is 0. The highest BCUT2D eigenvalue weighted by atomic mass is 16.5. The van der Waals surface area contributed by atoms with Crippen LogP contribution < -0.4 is 10.2 Å². The summed E-state index contributed by atoms with van der Waals surface area (Å²) < 4.78 is 5.34. The lowest BCUT2D eigenvalue weighted by Crippen LogP contribution is -2.26. The molecular weight excluding hydrogens is 280 g/mol. The number of aromatic hydroxyl groups is 1. The average molecular weight is 298 g/mol. The molecule has 0 bridgehead atoms. The Balaban J connectivity index is 1.91. The largest absolute Gasteiger partial charge is 0.508 e. The summed E-state index contributed by atoms with van der Waals surface area (Å²) in [5.74, 6) is 0.504. The first-order valence-electron chi connectivity index (χ1n) is 7.01. The van der Waals surface area contributed by atoms with Gasteiger partial charge in [0, 0.05) is 0 Å². The van der Waals surface area contributed by atoms with Gasteiger partial charge in [-0.3, -0.25) is 4.79 Å². The Kier molecular flexibility index (Phi) is 5.54. The van der Waals surface area contributed by atoms with Crippen LogP contribution in [0.2, 0.25) is 0 Å². The maximum Gasteiger partial charge on any atom is 0.277 e.